The van der Waals surface area contributed by atoms with Crippen LogP contribution >= 0.6 is 0 Å². The molecule has 4 heteroatoms. The molecule has 2 aliphatic rings. The Labute approximate surface area is 116 Å². The molecule has 3 rings (SSSR count). The van der Waals surface area contributed by atoms with E-state index >= 15 is 0 Å². The van der Waals surface area contributed by atoms with Gasteiger partial charge in [-0.3, -0.25) is 4.90 Å². The van der Waals surface area contributed by atoms with Crippen molar-refractivity contribution in [3.63, 3.8) is 0 Å². The molecule has 1 N–H and O–H groups in total. The van der Waals surface area contributed by atoms with Crippen LogP contribution in [0.3, 0.4) is 0 Å². The lowest BCUT2D eigenvalue weighted by Gasteiger charge is -2.36. The van der Waals surface area contributed by atoms with Crippen molar-refractivity contribution in [2.75, 3.05) is 13.1 Å². The van der Waals surface area contributed by atoms with Crippen LogP contribution in [0.4, 0.5) is 0 Å². The van der Waals surface area contributed by atoms with Crippen LogP contribution in [-0.4, -0.2) is 39.6 Å². The Morgan fingerprint density at radius 3 is 3.00 bits per heavy atom. The largest absolute Gasteiger partial charge is 0.334 e. The second-order valence-electron chi connectivity index (χ2n) is 5.97. The third-order valence-electron chi connectivity index (χ3n) is 4.47. The Morgan fingerprint density at radius 2 is 2.21 bits per heavy atom. The van der Waals surface area contributed by atoms with Crippen LogP contribution in [0.1, 0.15) is 44.7 Å². The van der Waals surface area contributed by atoms with E-state index in [4.69, 9.17) is 0 Å². The van der Waals surface area contributed by atoms with E-state index in [0.29, 0.717) is 0 Å². The van der Waals surface area contributed by atoms with Crippen molar-refractivity contribution in [2.24, 2.45) is 0 Å². The molecular weight excluding hydrogens is 236 g/mol. The van der Waals surface area contributed by atoms with Gasteiger partial charge in [0.25, 0.3) is 0 Å². The molecule has 1 aliphatic carbocycles. The summed E-state index contributed by atoms with van der Waals surface area (Å²) in [5.74, 6) is 0. The summed E-state index contributed by atoms with van der Waals surface area (Å²) in [4.78, 5) is 6.94. The monoisotopic (exact) mass is 262 g/mol. The smallest absolute Gasteiger partial charge is 0.0948 e. The molecule has 1 saturated heterocycles. The highest BCUT2D eigenvalue weighted by Gasteiger charge is 2.26. The van der Waals surface area contributed by atoms with Crippen LogP contribution in [0.2, 0.25) is 0 Å². The van der Waals surface area contributed by atoms with Gasteiger partial charge in [0.1, 0.15) is 0 Å². The number of rotatable bonds is 6. The first kappa shape index (κ1) is 13.1. The van der Waals surface area contributed by atoms with E-state index in [1.165, 1.54) is 50.9 Å². The van der Waals surface area contributed by atoms with E-state index in [9.17, 15) is 0 Å². The van der Waals surface area contributed by atoms with Crippen LogP contribution in [0.15, 0.2) is 12.5 Å². The average molecular weight is 262 g/mol. The molecule has 106 valence electrons. The predicted octanol–water partition coefficient (Wildman–Crippen LogP) is 2.01. The fourth-order valence-corrected chi connectivity index (χ4v) is 3.06. The van der Waals surface area contributed by atoms with Crippen LogP contribution in [0.25, 0.3) is 0 Å². The van der Waals surface area contributed by atoms with Gasteiger partial charge in [0.15, 0.2) is 0 Å². The molecule has 0 bridgehead atoms. The van der Waals surface area contributed by atoms with Crippen molar-refractivity contribution in [3.8, 4) is 0 Å². The lowest BCUT2D eigenvalue weighted by Crippen LogP contribution is -2.45. The minimum Gasteiger partial charge on any atom is -0.334 e. The standard InChI is InChI=1S/C15H26N4/c1-2-18-12-16-9-15(18)11-19-8-4-3-5-14(19)10-17-13-6-7-13/h9,12-14,17H,2-8,10-11H2,1H3. The zero-order valence-electron chi connectivity index (χ0n) is 12.0. The van der Waals surface area contributed by atoms with Gasteiger partial charge in [-0.05, 0) is 39.2 Å². The molecular formula is C15H26N4. The molecule has 1 aromatic rings. The Bertz CT molecular complexity index is 397. The number of nitrogens with one attached hydrogen (secondary N) is 1. The fourth-order valence-electron chi connectivity index (χ4n) is 3.06. The Morgan fingerprint density at radius 1 is 1.32 bits per heavy atom. The van der Waals surface area contributed by atoms with Crippen LogP contribution in [0, 0.1) is 0 Å². The number of piperidine rings is 1. The van der Waals surface area contributed by atoms with E-state index in [0.717, 1.165) is 25.2 Å². The van der Waals surface area contributed by atoms with E-state index in [1.54, 1.807) is 0 Å². The van der Waals surface area contributed by atoms with Gasteiger partial charge in [0.05, 0.1) is 12.0 Å². The molecule has 0 amide bonds. The Hall–Kier alpha value is -0.870. The van der Waals surface area contributed by atoms with Crippen LogP contribution in [-0.2, 0) is 13.1 Å². The third kappa shape index (κ3) is 3.37. The lowest BCUT2D eigenvalue weighted by atomic mass is 10.0. The molecule has 1 unspecified atom stereocenters. The zero-order valence-corrected chi connectivity index (χ0v) is 12.0. The highest BCUT2D eigenvalue weighted by molar-refractivity contribution is 4.99. The summed E-state index contributed by atoms with van der Waals surface area (Å²) in [6, 6.07) is 1.54. The van der Waals surface area contributed by atoms with E-state index < -0.39 is 0 Å². The molecule has 0 aromatic carbocycles. The molecule has 1 aromatic heterocycles. The molecule has 0 radical (unpaired) electrons. The lowest BCUT2D eigenvalue weighted by molar-refractivity contribution is 0.134. The second-order valence-corrected chi connectivity index (χ2v) is 5.97. The molecule has 1 aliphatic heterocycles. The first-order valence-electron chi connectivity index (χ1n) is 7.83. The van der Waals surface area contributed by atoms with E-state index in [2.05, 4.69) is 26.7 Å². The summed E-state index contributed by atoms with van der Waals surface area (Å²) >= 11 is 0. The Kier molecular flexibility index (Phi) is 4.18. The summed E-state index contributed by atoms with van der Waals surface area (Å²) in [6.45, 7) is 6.68. The molecule has 19 heavy (non-hydrogen) atoms. The van der Waals surface area contributed by atoms with Crippen LogP contribution in [0.5, 0.6) is 0 Å². The maximum absolute atomic E-state index is 4.29. The molecule has 4 nitrogen and oxygen atoms in total. The molecule has 0 spiro atoms. The third-order valence-corrected chi connectivity index (χ3v) is 4.47. The summed E-state index contributed by atoms with van der Waals surface area (Å²) in [6.07, 6.45) is 10.8. The van der Waals surface area contributed by atoms with Gasteiger partial charge in [0, 0.05) is 37.9 Å². The van der Waals surface area contributed by atoms with Crippen molar-refractivity contribution < 1.29 is 0 Å². The van der Waals surface area contributed by atoms with Gasteiger partial charge < -0.3 is 9.88 Å². The minimum absolute atomic E-state index is 0.717. The number of aromatic nitrogens is 2. The van der Waals surface area contributed by atoms with E-state index in [1.807, 2.05) is 12.5 Å². The van der Waals surface area contributed by atoms with Crippen LogP contribution < -0.4 is 5.32 Å². The number of hydrogen-bond acceptors (Lipinski definition) is 3. The van der Waals surface area contributed by atoms with Gasteiger partial charge in [0.2, 0.25) is 0 Å². The number of aryl methyl sites for hydroxylation is 1. The SMILES string of the molecule is CCn1cncc1CN1CCCCC1CNC1CC1. The quantitative estimate of drug-likeness (QED) is 0.851. The summed E-state index contributed by atoms with van der Waals surface area (Å²) in [5, 5.41) is 3.70. The van der Waals surface area contributed by atoms with Crippen molar-refractivity contribution >= 4 is 0 Å². The van der Waals surface area contributed by atoms with Gasteiger partial charge in [-0.2, -0.15) is 0 Å². The maximum atomic E-state index is 4.29. The van der Waals surface area contributed by atoms with Crippen molar-refractivity contribution in [2.45, 2.75) is 64.2 Å². The number of imidazole rings is 1. The topological polar surface area (TPSA) is 33.1 Å². The van der Waals surface area contributed by atoms with Crippen molar-refractivity contribution in [1.82, 2.24) is 19.8 Å². The molecule has 2 heterocycles. The number of likely N-dealkylation sites (tertiary alicyclic amines) is 1. The highest BCUT2D eigenvalue weighted by atomic mass is 15.2. The van der Waals surface area contributed by atoms with Crippen molar-refractivity contribution in [1.29, 1.82) is 0 Å². The van der Waals surface area contributed by atoms with Crippen molar-refractivity contribution in [3.05, 3.63) is 18.2 Å². The normalized spacial score (nSPS) is 24.8. The first-order valence-corrected chi connectivity index (χ1v) is 7.83. The predicted molar refractivity (Wildman–Crippen MR) is 77.0 cm³/mol. The number of hydrogen-bond donors (Lipinski definition) is 1. The second kappa shape index (κ2) is 6.06. The van der Waals surface area contributed by atoms with Gasteiger partial charge in [-0.15, -0.1) is 0 Å². The fraction of sp³-hybridized carbons (Fsp3) is 0.800. The highest BCUT2D eigenvalue weighted by Crippen LogP contribution is 2.22. The first-order chi connectivity index (χ1) is 9.36. The van der Waals surface area contributed by atoms with Gasteiger partial charge in [-0.25, -0.2) is 4.98 Å². The summed E-state index contributed by atoms with van der Waals surface area (Å²) < 4.78 is 2.26. The summed E-state index contributed by atoms with van der Waals surface area (Å²) in [7, 11) is 0. The van der Waals surface area contributed by atoms with Gasteiger partial charge >= 0.3 is 0 Å². The molecule has 1 saturated carbocycles. The average Bonchev–Trinajstić information content (AvgIpc) is 3.16. The molecule has 2 fully saturated rings. The maximum Gasteiger partial charge on any atom is 0.0948 e. The number of nitrogens with zero attached hydrogens (tertiary/aromatic N) is 3. The van der Waals surface area contributed by atoms with Gasteiger partial charge in [-0.1, -0.05) is 6.42 Å². The summed E-state index contributed by atoms with van der Waals surface area (Å²) in [5.41, 5.74) is 1.36. The zero-order chi connectivity index (χ0) is 13.1. The molecule has 1 atom stereocenters. The minimum atomic E-state index is 0.717. The van der Waals surface area contributed by atoms with E-state index in [-0.39, 0.29) is 0 Å². The Balaban J connectivity index is 1.59.